The lowest BCUT2D eigenvalue weighted by molar-refractivity contribution is -0.139. The molecule has 0 fully saturated rings. The van der Waals surface area contributed by atoms with Gasteiger partial charge in [-0.1, -0.05) is 6.92 Å². The van der Waals surface area contributed by atoms with Crippen LogP contribution in [0, 0.1) is 5.82 Å². The molecule has 0 aliphatic rings. The molecule has 4 aromatic rings. The van der Waals surface area contributed by atoms with E-state index in [1.165, 1.54) is 29.9 Å². The minimum Gasteiger partial charge on any atom is -0.321 e. The molecule has 0 saturated heterocycles. The number of alkyl halides is 3. The van der Waals surface area contributed by atoms with Crippen LogP contribution in [0.1, 0.15) is 50.0 Å². The van der Waals surface area contributed by atoms with Crippen LogP contribution in [0.2, 0.25) is 0 Å². The Kier molecular flexibility index (Phi) is 7.35. The standard InChI is InChI=1S/C22H16F4N6O2S2/c1-11(6-16(33)15-8-18(30-10-29-15)32-21-27-4-5-35-21)20-28-9-17(36-20)19(34)31-12-2-3-14(23)13(7-12)22(24,25)26/h2-5,7-11H,6H2,1H3,(H,31,34)(H,27,29,30,32). The lowest BCUT2D eigenvalue weighted by atomic mass is 10.0. The number of anilines is 3. The molecule has 1 amide bonds. The molecule has 2 N–H and O–H groups in total. The number of aromatic nitrogens is 4. The first-order chi connectivity index (χ1) is 17.1. The predicted octanol–water partition coefficient (Wildman–Crippen LogP) is 5.92. The van der Waals surface area contributed by atoms with Crippen molar-refractivity contribution in [2.45, 2.75) is 25.4 Å². The van der Waals surface area contributed by atoms with Crippen molar-refractivity contribution >= 4 is 51.0 Å². The van der Waals surface area contributed by atoms with Gasteiger partial charge in [0, 0.05) is 35.7 Å². The quantitative estimate of drug-likeness (QED) is 0.212. The average Bonchev–Trinajstić information content (AvgIpc) is 3.52. The molecule has 0 aliphatic heterocycles. The second-order valence-electron chi connectivity index (χ2n) is 7.49. The molecule has 1 aromatic carbocycles. The number of thiazole rings is 2. The first-order valence-electron chi connectivity index (χ1n) is 10.3. The Morgan fingerprint density at radius 3 is 2.64 bits per heavy atom. The molecule has 186 valence electrons. The Morgan fingerprint density at radius 1 is 1.11 bits per heavy atom. The van der Waals surface area contributed by atoms with Crippen molar-refractivity contribution in [3.63, 3.8) is 0 Å². The number of hydrogen-bond acceptors (Lipinski definition) is 9. The lowest BCUT2D eigenvalue weighted by Crippen LogP contribution is -2.13. The molecule has 4 rings (SSSR count). The number of hydrogen-bond donors (Lipinski definition) is 2. The number of halogens is 4. The van der Waals surface area contributed by atoms with Crippen LogP contribution in [0.15, 0.2) is 48.4 Å². The molecule has 0 spiro atoms. The lowest BCUT2D eigenvalue weighted by Gasteiger charge is -2.10. The van der Waals surface area contributed by atoms with Crippen molar-refractivity contribution in [3.8, 4) is 0 Å². The fourth-order valence-corrected chi connectivity index (χ4v) is 4.48. The molecule has 1 unspecified atom stereocenters. The van der Waals surface area contributed by atoms with Crippen molar-refractivity contribution in [2.24, 2.45) is 0 Å². The van der Waals surface area contributed by atoms with Crippen molar-refractivity contribution in [1.82, 2.24) is 19.9 Å². The summed E-state index contributed by atoms with van der Waals surface area (Å²) in [4.78, 5) is 41.7. The number of nitrogens with one attached hydrogen (secondary N) is 2. The van der Waals surface area contributed by atoms with Crippen LogP contribution in [0.5, 0.6) is 0 Å². The fourth-order valence-electron chi connectivity index (χ4n) is 3.08. The molecule has 1 atom stereocenters. The molecule has 3 heterocycles. The SMILES string of the molecule is CC(CC(=O)c1cc(Nc2nccs2)ncn1)c1ncc(C(=O)Nc2ccc(F)c(C(F)(F)F)c2)s1. The highest BCUT2D eigenvalue weighted by Gasteiger charge is 2.34. The third kappa shape index (κ3) is 6.07. The summed E-state index contributed by atoms with van der Waals surface area (Å²) in [6.07, 6.45) is -0.685. The van der Waals surface area contributed by atoms with E-state index < -0.39 is 23.5 Å². The van der Waals surface area contributed by atoms with E-state index in [4.69, 9.17) is 0 Å². The summed E-state index contributed by atoms with van der Waals surface area (Å²) in [6.45, 7) is 1.75. The van der Waals surface area contributed by atoms with E-state index in [1.54, 1.807) is 18.5 Å². The number of carbonyl (C=O) groups excluding carboxylic acids is 2. The highest BCUT2D eigenvalue weighted by molar-refractivity contribution is 7.14. The van der Waals surface area contributed by atoms with E-state index in [0.717, 1.165) is 17.4 Å². The first kappa shape index (κ1) is 25.3. The number of benzene rings is 1. The van der Waals surface area contributed by atoms with Gasteiger partial charge in [-0.05, 0) is 18.2 Å². The van der Waals surface area contributed by atoms with Crippen molar-refractivity contribution in [3.05, 3.63) is 75.3 Å². The summed E-state index contributed by atoms with van der Waals surface area (Å²) in [5, 5.41) is 8.18. The smallest absolute Gasteiger partial charge is 0.321 e. The zero-order valence-corrected chi connectivity index (χ0v) is 20.0. The second-order valence-corrected chi connectivity index (χ2v) is 9.45. The van der Waals surface area contributed by atoms with Gasteiger partial charge in [-0.3, -0.25) is 9.59 Å². The van der Waals surface area contributed by atoms with Gasteiger partial charge in [0.15, 0.2) is 10.9 Å². The molecule has 0 radical (unpaired) electrons. The molecular formula is C22H16F4N6O2S2. The first-order valence-corrected chi connectivity index (χ1v) is 12.0. The zero-order chi connectivity index (χ0) is 25.9. The van der Waals surface area contributed by atoms with E-state index in [1.807, 2.05) is 0 Å². The Bertz CT molecular complexity index is 1390. The van der Waals surface area contributed by atoms with Gasteiger partial charge >= 0.3 is 6.18 Å². The van der Waals surface area contributed by atoms with Crippen LogP contribution >= 0.6 is 22.7 Å². The van der Waals surface area contributed by atoms with E-state index in [-0.39, 0.29) is 34.4 Å². The van der Waals surface area contributed by atoms with Gasteiger partial charge in [0.25, 0.3) is 5.91 Å². The molecule has 0 saturated carbocycles. The summed E-state index contributed by atoms with van der Waals surface area (Å²) < 4.78 is 52.2. The monoisotopic (exact) mass is 536 g/mol. The van der Waals surface area contributed by atoms with E-state index in [0.29, 0.717) is 28.1 Å². The Labute approximate surface area is 209 Å². The Morgan fingerprint density at radius 2 is 1.92 bits per heavy atom. The van der Waals surface area contributed by atoms with Gasteiger partial charge in [-0.25, -0.2) is 24.3 Å². The van der Waals surface area contributed by atoms with Gasteiger partial charge in [0.1, 0.15) is 28.5 Å². The van der Waals surface area contributed by atoms with Crippen LogP contribution in [0.4, 0.5) is 34.2 Å². The van der Waals surface area contributed by atoms with Crippen LogP contribution in [0.3, 0.4) is 0 Å². The van der Waals surface area contributed by atoms with Crippen molar-refractivity contribution in [2.75, 3.05) is 10.6 Å². The summed E-state index contributed by atoms with van der Waals surface area (Å²) >= 11 is 2.37. The van der Waals surface area contributed by atoms with Crippen molar-refractivity contribution < 1.29 is 27.2 Å². The third-order valence-corrected chi connectivity index (χ3v) is 6.73. The number of Topliss-reactive ketones (excluding diaryl/α,β-unsaturated/α-hetero) is 1. The predicted molar refractivity (Wildman–Crippen MR) is 126 cm³/mol. The van der Waals surface area contributed by atoms with Crippen LogP contribution in [-0.2, 0) is 6.18 Å². The topological polar surface area (TPSA) is 110 Å². The normalized spacial score (nSPS) is 12.2. The molecule has 36 heavy (non-hydrogen) atoms. The summed E-state index contributed by atoms with van der Waals surface area (Å²) in [7, 11) is 0. The summed E-state index contributed by atoms with van der Waals surface area (Å²) in [5.74, 6) is -2.35. The Balaban J connectivity index is 1.40. The minimum absolute atomic E-state index is 0.0508. The number of rotatable bonds is 8. The van der Waals surface area contributed by atoms with Gasteiger partial charge in [-0.2, -0.15) is 13.2 Å². The van der Waals surface area contributed by atoms with Crippen molar-refractivity contribution in [1.29, 1.82) is 0 Å². The minimum atomic E-state index is -4.90. The maximum Gasteiger partial charge on any atom is 0.419 e. The molecule has 0 bridgehead atoms. The molecule has 14 heteroatoms. The van der Waals surface area contributed by atoms with Crippen LogP contribution in [0.25, 0.3) is 0 Å². The second kappa shape index (κ2) is 10.5. The largest absolute Gasteiger partial charge is 0.419 e. The third-order valence-electron chi connectivity index (χ3n) is 4.81. The van der Waals surface area contributed by atoms with Gasteiger partial charge in [0.2, 0.25) is 0 Å². The highest BCUT2D eigenvalue weighted by atomic mass is 32.1. The molecule has 3 aromatic heterocycles. The fraction of sp³-hybridized carbons (Fsp3) is 0.182. The zero-order valence-electron chi connectivity index (χ0n) is 18.3. The van der Waals surface area contributed by atoms with E-state index in [9.17, 15) is 27.2 Å². The summed E-state index contributed by atoms with van der Waals surface area (Å²) in [5.41, 5.74) is -1.49. The number of amides is 1. The van der Waals surface area contributed by atoms with Crippen LogP contribution in [-0.4, -0.2) is 31.6 Å². The maximum absolute atomic E-state index is 13.5. The number of nitrogens with zero attached hydrogens (tertiary/aromatic N) is 4. The highest BCUT2D eigenvalue weighted by Crippen LogP contribution is 2.33. The molecular weight excluding hydrogens is 520 g/mol. The van der Waals surface area contributed by atoms with E-state index >= 15 is 0 Å². The van der Waals surface area contributed by atoms with Gasteiger partial charge < -0.3 is 10.6 Å². The number of carbonyl (C=O) groups is 2. The molecule has 8 nitrogen and oxygen atoms in total. The maximum atomic E-state index is 13.5. The molecule has 0 aliphatic carbocycles. The van der Waals surface area contributed by atoms with E-state index in [2.05, 4.69) is 30.6 Å². The van der Waals surface area contributed by atoms with Crippen LogP contribution < -0.4 is 10.6 Å². The number of ketones is 1. The van der Waals surface area contributed by atoms with Gasteiger partial charge in [-0.15, -0.1) is 22.7 Å². The average molecular weight is 537 g/mol. The van der Waals surface area contributed by atoms with Gasteiger partial charge in [0.05, 0.1) is 16.8 Å². The summed E-state index contributed by atoms with van der Waals surface area (Å²) in [6, 6.07) is 3.70. The Hall–Kier alpha value is -3.78.